The molecular weight excluding hydrogens is 358 g/mol. The number of rotatable bonds is 0. The Balaban J connectivity index is -0.000000138. The summed E-state index contributed by atoms with van der Waals surface area (Å²) in [5.41, 5.74) is 0. The molecule has 0 saturated carbocycles. The van der Waals surface area contributed by atoms with Gasteiger partial charge in [-0.3, -0.25) is 0 Å². The molecule has 1 aliphatic heterocycles. The van der Waals surface area contributed by atoms with Gasteiger partial charge in [0.25, 0.3) is 0 Å². The summed E-state index contributed by atoms with van der Waals surface area (Å²) in [4.78, 5) is 16.5. The Morgan fingerprint density at radius 3 is 1.18 bits per heavy atom. The van der Waals surface area contributed by atoms with Crippen LogP contribution in [0, 0.1) is 30.6 Å². The molecule has 0 amide bonds. The van der Waals surface area contributed by atoms with Gasteiger partial charge in [-0.25, -0.2) is 0 Å². The van der Waals surface area contributed by atoms with E-state index in [1.807, 2.05) is 0 Å². The zero-order valence-electron chi connectivity index (χ0n) is 11.8. The van der Waals surface area contributed by atoms with Crippen LogP contribution in [0.3, 0.4) is 0 Å². The van der Waals surface area contributed by atoms with Crippen LogP contribution in [-0.2, 0) is 27.3 Å². The van der Waals surface area contributed by atoms with Gasteiger partial charge < -0.3 is 56.8 Å². The van der Waals surface area contributed by atoms with Gasteiger partial charge in [0.05, 0.1) is 23.4 Å². The number of nitrogens with zero attached hydrogens (tertiary/aromatic N) is 2. The summed E-state index contributed by atoms with van der Waals surface area (Å²) in [6.45, 7) is 7.71. The fourth-order valence-corrected chi connectivity index (χ4v) is 1.12. The minimum absolute atomic E-state index is 0. The van der Waals surface area contributed by atoms with Gasteiger partial charge in [0.1, 0.15) is 0 Å². The average molecular weight is 380 g/mol. The van der Waals surface area contributed by atoms with E-state index in [0.29, 0.717) is 0 Å². The molecule has 22 heavy (non-hydrogen) atoms. The van der Waals surface area contributed by atoms with Crippen molar-refractivity contribution in [3.8, 4) is 0 Å². The van der Waals surface area contributed by atoms with Crippen molar-refractivity contribution in [3.63, 3.8) is 0 Å². The topological polar surface area (TPSA) is 211 Å². The Hall–Kier alpha value is -1.28. The van der Waals surface area contributed by atoms with Gasteiger partial charge in [0, 0.05) is 39.3 Å². The van der Waals surface area contributed by atoms with Gasteiger partial charge in [-0.1, -0.05) is 0 Å². The van der Waals surface area contributed by atoms with Crippen LogP contribution >= 0.6 is 0 Å². The van der Waals surface area contributed by atoms with E-state index in [1.165, 1.54) is 0 Å². The second-order valence-electron chi connectivity index (χ2n) is 3.31. The van der Waals surface area contributed by atoms with Crippen LogP contribution in [0.15, 0.2) is 0 Å². The van der Waals surface area contributed by atoms with E-state index in [-0.39, 0.29) is 22.5 Å². The molecule has 0 aromatic heterocycles. The van der Waals surface area contributed by atoms with E-state index in [9.17, 15) is 0 Å². The van der Waals surface area contributed by atoms with E-state index in [0.717, 1.165) is 52.5 Å². The average Bonchev–Trinajstić information content (AvgIpc) is 2.28. The zero-order valence-corrected chi connectivity index (χ0v) is 12.7. The van der Waals surface area contributed by atoms with E-state index >= 15 is 0 Å². The minimum Gasteiger partial charge on any atom is -0.457 e. The first-order valence-corrected chi connectivity index (χ1v) is 5.79. The first-order chi connectivity index (χ1) is 9.46. The molecule has 0 unspecified atom stereocenters. The monoisotopic (exact) mass is 379 g/mol. The molecule has 1 radical (unpaired) electrons. The summed E-state index contributed by atoms with van der Waals surface area (Å²) in [5, 5.41) is 39.4. The summed E-state index contributed by atoms with van der Waals surface area (Å²) < 4.78 is 5.36. The molecule has 1 fully saturated rings. The summed E-state index contributed by atoms with van der Waals surface area (Å²) in [7, 11) is 0. The molecule has 0 aromatic rings. The summed E-state index contributed by atoms with van der Waals surface area (Å²) in [6, 6.07) is 0. The molecule has 1 heterocycles. The molecule has 0 aromatic carbocycles. The van der Waals surface area contributed by atoms with E-state index in [2.05, 4.69) is 16.0 Å². The Bertz CT molecular complexity index is 188. The third-order valence-electron chi connectivity index (χ3n) is 1.80. The molecule has 6 N–H and O–H groups in total. The standard InChI is InChI=1S/C8H19N3O.Cu.2NO3.H2O/c1-3-10-5-7-12-8-6-11-4-2-9-1;;2*2-1(3)4;/h9-11H,1-8H2;;;;1H2/q;+2;2*-1;/p+1. The largest absolute Gasteiger partial charge is 2.00 e. The molecule has 137 valence electrons. The second kappa shape index (κ2) is 24.7. The van der Waals surface area contributed by atoms with Crippen LogP contribution in [0.4, 0.5) is 0 Å². The predicted octanol–water partition coefficient (Wildman–Crippen LogP) is -2.62. The van der Waals surface area contributed by atoms with E-state index < -0.39 is 10.2 Å². The third-order valence-corrected chi connectivity index (χ3v) is 1.80. The third kappa shape index (κ3) is 51.2. The maximum absolute atomic E-state index is 8.25. The summed E-state index contributed by atoms with van der Waals surface area (Å²) >= 11 is 0. The quantitative estimate of drug-likeness (QED) is 0.172. The Morgan fingerprint density at radius 1 is 0.682 bits per heavy atom. The van der Waals surface area contributed by atoms with E-state index in [4.69, 9.17) is 35.4 Å². The summed E-state index contributed by atoms with van der Waals surface area (Å²) in [5.74, 6) is 0. The smallest absolute Gasteiger partial charge is 0.457 e. The van der Waals surface area contributed by atoms with Gasteiger partial charge in [0.15, 0.2) is 0 Å². The van der Waals surface area contributed by atoms with Gasteiger partial charge in [-0.2, -0.15) is 0 Å². The minimum atomic E-state index is -1.75. The summed E-state index contributed by atoms with van der Waals surface area (Å²) in [6.07, 6.45) is 0. The van der Waals surface area contributed by atoms with Gasteiger partial charge in [-0.05, 0) is 0 Å². The fourth-order valence-electron chi connectivity index (χ4n) is 1.12. The van der Waals surface area contributed by atoms with Crippen molar-refractivity contribution >= 4 is 0 Å². The van der Waals surface area contributed by atoms with Crippen LogP contribution < -0.4 is 16.0 Å². The molecule has 0 atom stereocenters. The van der Waals surface area contributed by atoms with Crippen molar-refractivity contribution in [2.75, 3.05) is 52.5 Å². The second-order valence-corrected chi connectivity index (χ2v) is 3.31. The zero-order chi connectivity index (χ0) is 15.6. The van der Waals surface area contributed by atoms with Gasteiger partial charge >= 0.3 is 17.1 Å². The molecule has 13 nitrogen and oxygen atoms in total. The number of hydrogen-bond acceptors (Lipinski definition) is 10. The Labute approximate surface area is 137 Å². The molecule has 0 spiro atoms. The molecular formula is C8H22CuN5O8+. The van der Waals surface area contributed by atoms with Crippen molar-refractivity contribution in [2.24, 2.45) is 0 Å². The fraction of sp³-hybridized carbons (Fsp3) is 1.00. The first-order valence-electron chi connectivity index (χ1n) is 5.79. The SMILES string of the molecule is C1CNCCOCCNCCN1.O=[N+]([O-])[O-].O=[N+]([O-])[O-].[Cu+2].[OH3+]. The van der Waals surface area contributed by atoms with Crippen LogP contribution in [0.1, 0.15) is 0 Å². The molecule has 1 aliphatic rings. The Morgan fingerprint density at radius 2 is 0.909 bits per heavy atom. The molecule has 14 heteroatoms. The number of hydrogen-bond donors (Lipinski definition) is 3. The van der Waals surface area contributed by atoms with Crippen molar-refractivity contribution < 1.29 is 37.5 Å². The van der Waals surface area contributed by atoms with Crippen molar-refractivity contribution in [2.45, 2.75) is 0 Å². The van der Waals surface area contributed by atoms with Crippen molar-refractivity contribution in [1.82, 2.24) is 16.0 Å². The maximum atomic E-state index is 8.25. The van der Waals surface area contributed by atoms with Crippen LogP contribution in [0.25, 0.3) is 0 Å². The van der Waals surface area contributed by atoms with Crippen molar-refractivity contribution in [1.29, 1.82) is 0 Å². The number of ether oxygens (including phenoxy) is 1. The van der Waals surface area contributed by atoms with Crippen LogP contribution in [-0.4, -0.2) is 62.7 Å². The molecule has 0 bridgehead atoms. The van der Waals surface area contributed by atoms with Gasteiger partial charge in [0.2, 0.25) is 0 Å². The van der Waals surface area contributed by atoms with E-state index in [1.54, 1.807) is 0 Å². The Kier molecular flexibility index (Phi) is 32.4. The molecule has 0 aliphatic carbocycles. The number of nitrogens with one attached hydrogen (secondary N) is 3. The predicted molar refractivity (Wildman–Crippen MR) is 75.0 cm³/mol. The molecule has 1 saturated heterocycles. The van der Waals surface area contributed by atoms with Crippen molar-refractivity contribution in [3.05, 3.63) is 30.6 Å². The molecule has 1 rings (SSSR count). The maximum Gasteiger partial charge on any atom is 2.00 e. The van der Waals surface area contributed by atoms with Crippen LogP contribution in [0.5, 0.6) is 0 Å². The van der Waals surface area contributed by atoms with Crippen LogP contribution in [0.2, 0.25) is 0 Å². The normalized spacial score (nSPS) is 15.3. The van der Waals surface area contributed by atoms with Gasteiger partial charge in [-0.15, -0.1) is 0 Å². The first kappa shape index (κ1) is 28.8.